The van der Waals surface area contributed by atoms with Crippen LogP contribution in [0.25, 0.3) is 0 Å². The number of nitrogens with one attached hydrogen (secondary N) is 2. The van der Waals surface area contributed by atoms with Gasteiger partial charge in [0.25, 0.3) is 11.6 Å². The third-order valence-electron chi connectivity index (χ3n) is 3.24. The highest BCUT2D eigenvalue weighted by atomic mass is 32.2. The highest BCUT2D eigenvalue weighted by Crippen LogP contribution is 2.26. The van der Waals surface area contributed by atoms with E-state index in [9.17, 15) is 14.9 Å². The number of carbonyl (C=O) groups is 1. The van der Waals surface area contributed by atoms with Crippen LogP contribution in [0.4, 0.5) is 11.4 Å². The molecule has 20 heavy (non-hydrogen) atoms. The Hall–Kier alpha value is -1.76. The Balaban J connectivity index is 2.05. The summed E-state index contributed by atoms with van der Waals surface area (Å²) in [7, 11) is 1.61. The zero-order chi connectivity index (χ0) is 14.5. The molecule has 2 N–H and O–H groups in total. The quantitative estimate of drug-likeness (QED) is 0.643. The van der Waals surface area contributed by atoms with E-state index in [0.29, 0.717) is 23.0 Å². The summed E-state index contributed by atoms with van der Waals surface area (Å²) in [4.78, 5) is 22.5. The van der Waals surface area contributed by atoms with Gasteiger partial charge in [-0.3, -0.25) is 14.9 Å². The summed E-state index contributed by atoms with van der Waals surface area (Å²) in [6, 6.07) is 4.45. The van der Waals surface area contributed by atoms with E-state index in [1.807, 2.05) is 11.8 Å². The first-order valence-corrected chi connectivity index (χ1v) is 7.52. The van der Waals surface area contributed by atoms with Gasteiger partial charge < -0.3 is 10.6 Å². The molecule has 0 radical (unpaired) electrons. The van der Waals surface area contributed by atoms with Gasteiger partial charge in [-0.05, 0) is 30.7 Å². The van der Waals surface area contributed by atoms with E-state index in [1.54, 1.807) is 19.2 Å². The SMILES string of the molecule is CNc1ccc(C(=O)NCC2CCCS2)cc1[N+](=O)[O-]. The molecule has 0 aromatic heterocycles. The molecule has 7 heteroatoms. The number of thioether (sulfide) groups is 1. The molecule has 108 valence electrons. The first-order valence-electron chi connectivity index (χ1n) is 6.48. The van der Waals surface area contributed by atoms with Gasteiger partial charge in [-0.15, -0.1) is 0 Å². The highest BCUT2D eigenvalue weighted by Gasteiger charge is 2.19. The number of rotatable bonds is 5. The van der Waals surface area contributed by atoms with Crippen LogP contribution in [0.15, 0.2) is 18.2 Å². The van der Waals surface area contributed by atoms with Crippen LogP contribution in [0.3, 0.4) is 0 Å². The van der Waals surface area contributed by atoms with Crippen LogP contribution < -0.4 is 10.6 Å². The predicted octanol–water partition coefficient (Wildman–Crippen LogP) is 2.26. The van der Waals surface area contributed by atoms with Crippen molar-refractivity contribution >= 4 is 29.0 Å². The Morgan fingerprint density at radius 3 is 2.95 bits per heavy atom. The lowest BCUT2D eigenvalue weighted by atomic mass is 10.1. The summed E-state index contributed by atoms with van der Waals surface area (Å²) >= 11 is 1.86. The number of amides is 1. The molecule has 1 aliphatic rings. The third-order valence-corrected chi connectivity index (χ3v) is 4.64. The summed E-state index contributed by atoms with van der Waals surface area (Å²) in [6.07, 6.45) is 2.30. The van der Waals surface area contributed by atoms with Crippen LogP contribution in [-0.2, 0) is 0 Å². The second kappa shape index (κ2) is 6.60. The fraction of sp³-hybridized carbons (Fsp3) is 0.462. The van der Waals surface area contributed by atoms with Crippen molar-refractivity contribution in [2.45, 2.75) is 18.1 Å². The average molecular weight is 295 g/mol. The van der Waals surface area contributed by atoms with E-state index in [1.165, 1.54) is 12.5 Å². The molecule has 6 nitrogen and oxygen atoms in total. The molecule has 1 amide bonds. The summed E-state index contributed by atoms with van der Waals surface area (Å²) in [5, 5.41) is 17.0. The molecule has 1 saturated heterocycles. The fourth-order valence-electron chi connectivity index (χ4n) is 2.15. The molecule has 0 aliphatic carbocycles. The molecule has 1 aromatic carbocycles. The first kappa shape index (κ1) is 14.6. The molecular formula is C13H17N3O3S. The summed E-state index contributed by atoms with van der Waals surface area (Å²) < 4.78 is 0. The van der Waals surface area contributed by atoms with Crippen LogP contribution in [0.5, 0.6) is 0 Å². The summed E-state index contributed by atoms with van der Waals surface area (Å²) in [5.74, 6) is 0.881. The molecule has 2 rings (SSSR count). The van der Waals surface area contributed by atoms with Crippen LogP contribution in [-0.4, -0.2) is 35.4 Å². The second-order valence-electron chi connectivity index (χ2n) is 4.58. The highest BCUT2D eigenvalue weighted by molar-refractivity contribution is 8.00. The second-order valence-corrected chi connectivity index (χ2v) is 5.99. The topological polar surface area (TPSA) is 84.3 Å². The first-order chi connectivity index (χ1) is 9.61. The van der Waals surface area contributed by atoms with E-state index in [2.05, 4.69) is 10.6 Å². The molecule has 1 unspecified atom stereocenters. The van der Waals surface area contributed by atoms with E-state index < -0.39 is 4.92 Å². The molecular weight excluding hydrogens is 278 g/mol. The Kier molecular flexibility index (Phi) is 4.84. The van der Waals surface area contributed by atoms with Crippen molar-refractivity contribution in [3.63, 3.8) is 0 Å². The average Bonchev–Trinajstić information content (AvgIpc) is 2.97. The maximum Gasteiger partial charge on any atom is 0.293 e. The number of benzene rings is 1. The maximum absolute atomic E-state index is 12.0. The molecule has 0 saturated carbocycles. The zero-order valence-corrected chi connectivity index (χ0v) is 12.0. The molecule has 0 spiro atoms. The van der Waals surface area contributed by atoms with E-state index in [-0.39, 0.29) is 11.6 Å². The number of anilines is 1. The molecule has 1 atom stereocenters. The van der Waals surface area contributed by atoms with Gasteiger partial charge in [0, 0.05) is 30.5 Å². The Labute approximate surface area is 121 Å². The molecule has 0 bridgehead atoms. The largest absolute Gasteiger partial charge is 0.383 e. The predicted molar refractivity (Wildman–Crippen MR) is 80.5 cm³/mol. The van der Waals surface area contributed by atoms with Crippen molar-refractivity contribution in [3.8, 4) is 0 Å². The van der Waals surface area contributed by atoms with Crippen LogP contribution >= 0.6 is 11.8 Å². The number of nitrogens with zero attached hydrogens (tertiary/aromatic N) is 1. The Morgan fingerprint density at radius 2 is 2.35 bits per heavy atom. The van der Waals surface area contributed by atoms with Crippen LogP contribution in [0.1, 0.15) is 23.2 Å². The van der Waals surface area contributed by atoms with Gasteiger partial charge >= 0.3 is 0 Å². The zero-order valence-electron chi connectivity index (χ0n) is 11.2. The molecule has 1 aliphatic heterocycles. The number of hydrogen-bond donors (Lipinski definition) is 2. The molecule has 1 heterocycles. The monoisotopic (exact) mass is 295 g/mol. The van der Waals surface area contributed by atoms with Gasteiger partial charge in [0.15, 0.2) is 0 Å². The van der Waals surface area contributed by atoms with E-state index >= 15 is 0 Å². The number of nitro groups is 1. The number of carbonyl (C=O) groups excluding carboxylic acids is 1. The maximum atomic E-state index is 12.0. The smallest absolute Gasteiger partial charge is 0.293 e. The third kappa shape index (κ3) is 3.41. The van der Waals surface area contributed by atoms with E-state index in [4.69, 9.17) is 0 Å². The van der Waals surface area contributed by atoms with E-state index in [0.717, 1.165) is 12.2 Å². The van der Waals surface area contributed by atoms with Gasteiger partial charge in [0.1, 0.15) is 5.69 Å². The molecule has 1 fully saturated rings. The Morgan fingerprint density at radius 1 is 1.55 bits per heavy atom. The van der Waals surface area contributed by atoms with Crippen molar-refractivity contribution in [2.24, 2.45) is 0 Å². The number of hydrogen-bond acceptors (Lipinski definition) is 5. The Bertz CT molecular complexity index is 516. The lowest BCUT2D eigenvalue weighted by molar-refractivity contribution is -0.384. The lowest BCUT2D eigenvalue weighted by Gasteiger charge is -2.10. The van der Waals surface area contributed by atoms with Crippen molar-refractivity contribution in [2.75, 3.05) is 24.7 Å². The van der Waals surface area contributed by atoms with Crippen molar-refractivity contribution in [3.05, 3.63) is 33.9 Å². The van der Waals surface area contributed by atoms with Gasteiger partial charge in [-0.25, -0.2) is 0 Å². The standard InChI is InChI=1S/C13H17N3O3S/c1-14-11-5-4-9(7-12(11)16(18)19)13(17)15-8-10-3-2-6-20-10/h4-5,7,10,14H,2-3,6,8H2,1H3,(H,15,17). The normalized spacial score (nSPS) is 17.8. The van der Waals surface area contributed by atoms with Gasteiger partial charge in [-0.1, -0.05) is 0 Å². The minimum atomic E-state index is -0.491. The van der Waals surface area contributed by atoms with Crippen molar-refractivity contribution in [1.29, 1.82) is 0 Å². The fourth-order valence-corrected chi connectivity index (χ4v) is 3.35. The van der Waals surface area contributed by atoms with Crippen molar-refractivity contribution in [1.82, 2.24) is 5.32 Å². The van der Waals surface area contributed by atoms with Crippen LogP contribution in [0.2, 0.25) is 0 Å². The lowest BCUT2D eigenvalue weighted by Crippen LogP contribution is -2.29. The summed E-state index contributed by atoms with van der Waals surface area (Å²) in [5.41, 5.74) is 0.631. The van der Waals surface area contributed by atoms with Crippen molar-refractivity contribution < 1.29 is 9.72 Å². The minimum Gasteiger partial charge on any atom is -0.383 e. The summed E-state index contributed by atoms with van der Waals surface area (Å²) in [6.45, 7) is 0.616. The van der Waals surface area contributed by atoms with Gasteiger partial charge in [-0.2, -0.15) is 11.8 Å². The van der Waals surface area contributed by atoms with Crippen LogP contribution in [0, 0.1) is 10.1 Å². The molecule has 1 aromatic rings. The minimum absolute atomic E-state index is 0.0876. The van der Waals surface area contributed by atoms with Gasteiger partial charge in [0.2, 0.25) is 0 Å². The van der Waals surface area contributed by atoms with Gasteiger partial charge in [0.05, 0.1) is 4.92 Å². The number of nitro benzene ring substituents is 1.